The van der Waals surface area contributed by atoms with E-state index in [9.17, 15) is 0 Å². The highest BCUT2D eigenvalue weighted by Gasteiger charge is 2.51. The van der Waals surface area contributed by atoms with Crippen molar-refractivity contribution in [3.8, 4) is 33.8 Å². The van der Waals surface area contributed by atoms with Gasteiger partial charge in [-0.3, -0.25) is 0 Å². The topological polar surface area (TPSA) is 95.8 Å². The van der Waals surface area contributed by atoms with Crippen LogP contribution < -0.4 is 9.47 Å². The molecule has 0 bridgehead atoms. The van der Waals surface area contributed by atoms with Crippen molar-refractivity contribution in [3.63, 3.8) is 0 Å². The van der Waals surface area contributed by atoms with Crippen LogP contribution in [0.2, 0.25) is 0 Å². The average Bonchev–Trinajstić information content (AvgIpc) is 3.54. The van der Waals surface area contributed by atoms with Gasteiger partial charge >= 0.3 is 0 Å². The molecule has 0 fully saturated rings. The zero-order valence-corrected chi connectivity index (χ0v) is 25.4. The second kappa shape index (κ2) is 15.0. The van der Waals surface area contributed by atoms with Gasteiger partial charge in [0.2, 0.25) is 0 Å². The summed E-state index contributed by atoms with van der Waals surface area (Å²) in [6.07, 6.45) is 0. The predicted molar refractivity (Wildman–Crippen MR) is 171 cm³/mol. The van der Waals surface area contributed by atoms with Crippen molar-refractivity contribution in [3.05, 3.63) is 107 Å². The Balaban J connectivity index is 1.27. The zero-order chi connectivity index (χ0) is 30.9. The molecule has 0 saturated heterocycles. The molecular formula is C37H40O8. The number of aliphatic hydroxyl groups is 2. The van der Waals surface area contributed by atoms with Crippen molar-refractivity contribution in [1.82, 2.24) is 0 Å². The van der Waals surface area contributed by atoms with Gasteiger partial charge in [-0.15, -0.1) is 0 Å². The van der Waals surface area contributed by atoms with Crippen molar-refractivity contribution in [2.75, 3.05) is 79.3 Å². The fraction of sp³-hybridized carbons (Fsp3) is 0.351. The van der Waals surface area contributed by atoms with E-state index in [0.29, 0.717) is 66.1 Å². The summed E-state index contributed by atoms with van der Waals surface area (Å²) in [6, 6.07) is 30.1. The van der Waals surface area contributed by atoms with Crippen molar-refractivity contribution in [2.45, 2.75) is 5.41 Å². The maximum absolute atomic E-state index is 8.83. The van der Waals surface area contributed by atoms with Crippen molar-refractivity contribution < 1.29 is 38.6 Å². The molecule has 8 heteroatoms. The van der Waals surface area contributed by atoms with Crippen molar-refractivity contribution in [1.29, 1.82) is 0 Å². The zero-order valence-electron chi connectivity index (χ0n) is 25.4. The molecule has 0 aromatic heterocycles. The van der Waals surface area contributed by atoms with Crippen LogP contribution in [0.25, 0.3) is 22.3 Å². The smallest absolute Gasteiger partial charge is 0.119 e. The first-order valence-corrected chi connectivity index (χ1v) is 15.6. The van der Waals surface area contributed by atoms with Gasteiger partial charge in [-0.05, 0) is 68.8 Å². The van der Waals surface area contributed by atoms with E-state index in [1.807, 2.05) is 12.1 Å². The first kappa shape index (κ1) is 31.2. The molecular weight excluding hydrogens is 572 g/mol. The molecule has 0 aliphatic heterocycles. The highest BCUT2D eigenvalue weighted by molar-refractivity contribution is 5.95. The Labute approximate surface area is 264 Å². The van der Waals surface area contributed by atoms with Crippen LogP contribution in [0.15, 0.2) is 84.9 Å². The van der Waals surface area contributed by atoms with Gasteiger partial charge in [0, 0.05) is 0 Å². The molecule has 6 rings (SSSR count). The van der Waals surface area contributed by atoms with E-state index in [0.717, 1.165) is 11.5 Å². The highest BCUT2D eigenvalue weighted by Crippen LogP contribution is 2.63. The van der Waals surface area contributed by atoms with Crippen LogP contribution in [0.3, 0.4) is 0 Å². The summed E-state index contributed by atoms with van der Waals surface area (Å²) in [7, 11) is 0. The number of rotatable bonds is 18. The minimum absolute atomic E-state index is 0.00846. The van der Waals surface area contributed by atoms with Gasteiger partial charge in [-0.2, -0.15) is 0 Å². The lowest BCUT2D eigenvalue weighted by Crippen LogP contribution is -2.26. The normalized spacial score (nSPS) is 13.4. The minimum Gasteiger partial charge on any atom is -0.491 e. The summed E-state index contributed by atoms with van der Waals surface area (Å²) in [5.41, 5.74) is 9.19. The number of ether oxygens (including phenoxy) is 6. The monoisotopic (exact) mass is 612 g/mol. The van der Waals surface area contributed by atoms with Crippen LogP contribution in [0, 0.1) is 0 Å². The van der Waals surface area contributed by atoms with Crippen molar-refractivity contribution in [2.24, 2.45) is 0 Å². The number of hydrogen-bond acceptors (Lipinski definition) is 8. The second-order valence-electron chi connectivity index (χ2n) is 10.8. The molecule has 1 spiro atoms. The summed E-state index contributed by atoms with van der Waals surface area (Å²) in [6.45, 7) is 4.15. The Bertz CT molecular complexity index is 1450. The Morgan fingerprint density at radius 2 is 0.778 bits per heavy atom. The van der Waals surface area contributed by atoms with Gasteiger partial charge in [-0.1, -0.05) is 60.7 Å². The van der Waals surface area contributed by atoms with E-state index >= 15 is 0 Å². The van der Waals surface area contributed by atoms with E-state index in [1.54, 1.807) is 0 Å². The molecule has 0 saturated carbocycles. The fourth-order valence-electron chi connectivity index (χ4n) is 6.49. The van der Waals surface area contributed by atoms with Crippen LogP contribution in [-0.2, 0) is 24.4 Å². The molecule has 0 heterocycles. The van der Waals surface area contributed by atoms with Gasteiger partial charge in [0.1, 0.15) is 24.7 Å². The fourth-order valence-corrected chi connectivity index (χ4v) is 6.49. The summed E-state index contributed by atoms with van der Waals surface area (Å²) in [4.78, 5) is 0. The molecule has 2 aliphatic rings. The van der Waals surface area contributed by atoms with Crippen LogP contribution in [0.1, 0.15) is 22.3 Å². The van der Waals surface area contributed by atoms with E-state index in [-0.39, 0.29) is 13.2 Å². The average molecular weight is 613 g/mol. The van der Waals surface area contributed by atoms with Gasteiger partial charge < -0.3 is 38.6 Å². The van der Waals surface area contributed by atoms with Crippen LogP contribution >= 0.6 is 0 Å². The lowest BCUT2D eigenvalue weighted by molar-refractivity contribution is 0.0247. The summed E-state index contributed by atoms with van der Waals surface area (Å²) in [5, 5.41) is 17.7. The Hall–Kier alpha value is -3.76. The molecule has 2 N–H and O–H groups in total. The van der Waals surface area contributed by atoms with Gasteiger partial charge in [-0.25, -0.2) is 0 Å². The molecule has 0 atom stereocenters. The van der Waals surface area contributed by atoms with E-state index in [2.05, 4.69) is 72.8 Å². The third kappa shape index (κ3) is 6.35. The lowest BCUT2D eigenvalue weighted by Gasteiger charge is -2.30. The first-order chi connectivity index (χ1) is 22.3. The van der Waals surface area contributed by atoms with Crippen molar-refractivity contribution >= 4 is 0 Å². The number of benzene rings is 4. The van der Waals surface area contributed by atoms with Gasteiger partial charge in [0.25, 0.3) is 0 Å². The van der Waals surface area contributed by atoms with Crippen LogP contribution in [0.4, 0.5) is 0 Å². The minimum atomic E-state index is -0.516. The Morgan fingerprint density at radius 1 is 0.400 bits per heavy atom. The number of aliphatic hydroxyl groups excluding tert-OH is 2. The van der Waals surface area contributed by atoms with Crippen LogP contribution in [-0.4, -0.2) is 89.5 Å². The van der Waals surface area contributed by atoms with E-state index < -0.39 is 5.41 Å². The highest BCUT2D eigenvalue weighted by atomic mass is 16.6. The molecule has 4 aromatic carbocycles. The van der Waals surface area contributed by atoms with E-state index in [1.165, 1.54) is 44.5 Å². The first-order valence-electron chi connectivity index (χ1n) is 15.6. The Kier molecular flexibility index (Phi) is 10.4. The second-order valence-corrected chi connectivity index (χ2v) is 10.8. The molecule has 0 unspecified atom stereocenters. The van der Waals surface area contributed by atoms with Gasteiger partial charge in [0.15, 0.2) is 0 Å². The largest absolute Gasteiger partial charge is 0.491 e. The quantitative estimate of drug-likeness (QED) is 0.133. The SMILES string of the molecule is OCCOCCOCCOc1ccc2c(c1)C1(c3ccccc3-2)c2ccccc2-c2ccc(OCCOCCOCCO)cc21. The molecule has 0 radical (unpaired) electrons. The molecule has 2 aliphatic carbocycles. The summed E-state index contributed by atoms with van der Waals surface area (Å²) < 4.78 is 34.2. The van der Waals surface area contributed by atoms with Crippen LogP contribution in [0.5, 0.6) is 11.5 Å². The van der Waals surface area contributed by atoms with E-state index in [4.69, 9.17) is 38.6 Å². The molecule has 0 amide bonds. The summed E-state index contributed by atoms with van der Waals surface area (Å²) >= 11 is 0. The number of fused-ring (bicyclic) bond motifs is 10. The third-order valence-corrected chi connectivity index (χ3v) is 8.24. The predicted octanol–water partition coefficient (Wildman–Crippen LogP) is 4.84. The molecule has 45 heavy (non-hydrogen) atoms. The Morgan fingerprint density at radius 3 is 1.22 bits per heavy atom. The third-order valence-electron chi connectivity index (χ3n) is 8.24. The lowest BCUT2D eigenvalue weighted by atomic mass is 9.70. The maximum Gasteiger partial charge on any atom is 0.119 e. The molecule has 8 nitrogen and oxygen atoms in total. The number of hydrogen-bond donors (Lipinski definition) is 2. The van der Waals surface area contributed by atoms with Gasteiger partial charge in [0.05, 0.1) is 71.5 Å². The molecule has 236 valence electrons. The summed E-state index contributed by atoms with van der Waals surface area (Å²) in [5.74, 6) is 1.58. The molecule has 4 aromatic rings. The maximum atomic E-state index is 8.83. The standard InChI is InChI=1S/C37H40O8/c38-13-15-40-17-19-42-21-23-44-27-9-11-31-29-5-1-3-7-33(29)37(35(31)25-27)34-8-4-2-6-30(34)32-12-10-28(26-36(32)37)45-24-22-43-20-18-41-16-14-39/h1-12,25-26,38-39H,13-24H2.